The Hall–Kier alpha value is -2.87. The number of carbonyl (C=O) groups is 1. The van der Waals surface area contributed by atoms with Crippen molar-refractivity contribution in [2.75, 3.05) is 5.32 Å². The molecule has 0 aliphatic rings. The van der Waals surface area contributed by atoms with Crippen LogP contribution in [0.5, 0.6) is 0 Å². The number of halogens is 1. The highest BCUT2D eigenvalue weighted by Gasteiger charge is 2.05. The molecule has 0 aliphatic heterocycles. The van der Waals surface area contributed by atoms with Gasteiger partial charge in [0.05, 0.1) is 11.3 Å². The monoisotopic (exact) mass is 269 g/mol. The molecule has 0 fully saturated rings. The minimum Gasteiger partial charge on any atom is -0.380 e. The highest BCUT2D eigenvalue weighted by molar-refractivity contribution is 5.92. The van der Waals surface area contributed by atoms with Crippen LogP contribution in [0.2, 0.25) is 0 Å². The molecule has 0 bridgehead atoms. The molecule has 0 aromatic heterocycles. The quantitative estimate of drug-likeness (QED) is 0.894. The van der Waals surface area contributed by atoms with E-state index in [1.807, 2.05) is 12.1 Å². The van der Waals surface area contributed by atoms with Crippen molar-refractivity contribution < 1.29 is 9.18 Å². The van der Waals surface area contributed by atoms with E-state index in [2.05, 4.69) is 5.32 Å². The lowest BCUT2D eigenvalue weighted by molar-refractivity contribution is 0.1000. The molecule has 4 nitrogen and oxygen atoms in total. The number of nitrogens with two attached hydrogens (primary N) is 1. The van der Waals surface area contributed by atoms with E-state index in [1.165, 1.54) is 18.2 Å². The molecule has 20 heavy (non-hydrogen) atoms. The molecule has 0 aliphatic carbocycles. The van der Waals surface area contributed by atoms with Crippen molar-refractivity contribution in [3.63, 3.8) is 0 Å². The van der Waals surface area contributed by atoms with Gasteiger partial charge in [0.25, 0.3) is 0 Å². The van der Waals surface area contributed by atoms with E-state index in [0.717, 1.165) is 5.56 Å². The van der Waals surface area contributed by atoms with Crippen LogP contribution in [0.1, 0.15) is 21.5 Å². The van der Waals surface area contributed by atoms with Gasteiger partial charge in [-0.25, -0.2) is 4.39 Å². The van der Waals surface area contributed by atoms with E-state index in [-0.39, 0.29) is 5.56 Å². The third kappa shape index (κ3) is 3.12. The van der Waals surface area contributed by atoms with Gasteiger partial charge in [0.15, 0.2) is 0 Å². The SMILES string of the molecule is N#Cc1cc(F)ccc1NCc1cccc(C(N)=O)c1. The topological polar surface area (TPSA) is 78.9 Å². The molecular weight excluding hydrogens is 257 g/mol. The van der Waals surface area contributed by atoms with Crippen LogP contribution in [0.3, 0.4) is 0 Å². The summed E-state index contributed by atoms with van der Waals surface area (Å²) in [5.74, 6) is -0.950. The molecule has 100 valence electrons. The standard InChI is InChI=1S/C15H12FN3O/c16-13-4-5-14(12(7-13)8-17)19-9-10-2-1-3-11(6-10)15(18)20/h1-7,19H,9H2,(H2,18,20). The number of carbonyl (C=O) groups excluding carboxylic acids is 1. The van der Waals surface area contributed by atoms with E-state index >= 15 is 0 Å². The number of rotatable bonds is 4. The molecule has 1 amide bonds. The van der Waals surface area contributed by atoms with Crippen LogP contribution in [0.4, 0.5) is 10.1 Å². The lowest BCUT2D eigenvalue weighted by Crippen LogP contribution is -2.11. The molecular formula is C15H12FN3O. The molecule has 5 heteroatoms. The second-order valence-electron chi connectivity index (χ2n) is 4.22. The number of benzene rings is 2. The van der Waals surface area contributed by atoms with Crippen molar-refractivity contribution in [3.05, 3.63) is 65.0 Å². The van der Waals surface area contributed by atoms with Crippen LogP contribution >= 0.6 is 0 Å². The van der Waals surface area contributed by atoms with Crippen molar-refractivity contribution in [2.24, 2.45) is 5.73 Å². The number of anilines is 1. The fourth-order valence-electron chi connectivity index (χ4n) is 1.79. The first-order valence-electron chi connectivity index (χ1n) is 5.92. The molecule has 2 rings (SSSR count). The highest BCUT2D eigenvalue weighted by atomic mass is 19.1. The summed E-state index contributed by atoms with van der Waals surface area (Å²) in [7, 11) is 0. The average Bonchev–Trinajstić information content (AvgIpc) is 2.46. The van der Waals surface area contributed by atoms with Gasteiger partial charge in [-0.05, 0) is 35.9 Å². The van der Waals surface area contributed by atoms with Crippen molar-refractivity contribution in [1.29, 1.82) is 5.26 Å². The van der Waals surface area contributed by atoms with Gasteiger partial charge in [0.2, 0.25) is 5.91 Å². The van der Waals surface area contributed by atoms with Gasteiger partial charge in [-0.2, -0.15) is 5.26 Å². The number of primary amides is 1. The number of hydrogen-bond acceptors (Lipinski definition) is 3. The summed E-state index contributed by atoms with van der Waals surface area (Å²) in [6, 6.07) is 12.7. The zero-order valence-electron chi connectivity index (χ0n) is 10.6. The van der Waals surface area contributed by atoms with Crippen LogP contribution in [-0.2, 0) is 6.54 Å². The van der Waals surface area contributed by atoms with E-state index in [9.17, 15) is 9.18 Å². The molecule has 0 saturated carbocycles. The van der Waals surface area contributed by atoms with Gasteiger partial charge in [0.1, 0.15) is 11.9 Å². The molecule has 0 unspecified atom stereocenters. The van der Waals surface area contributed by atoms with Gasteiger partial charge in [-0.3, -0.25) is 4.79 Å². The second kappa shape index (κ2) is 5.85. The third-order valence-electron chi connectivity index (χ3n) is 2.80. The Morgan fingerprint density at radius 1 is 1.30 bits per heavy atom. The molecule has 2 aromatic rings. The summed E-state index contributed by atoms with van der Waals surface area (Å²) >= 11 is 0. The lowest BCUT2D eigenvalue weighted by atomic mass is 10.1. The summed E-state index contributed by atoms with van der Waals surface area (Å²) < 4.78 is 13.0. The maximum atomic E-state index is 13.0. The summed E-state index contributed by atoms with van der Waals surface area (Å²) in [5.41, 5.74) is 7.24. The maximum Gasteiger partial charge on any atom is 0.248 e. The van der Waals surface area contributed by atoms with Crippen molar-refractivity contribution in [1.82, 2.24) is 0 Å². The number of nitrogens with zero attached hydrogens (tertiary/aromatic N) is 1. The molecule has 0 saturated heterocycles. The normalized spacial score (nSPS) is 9.80. The molecule has 0 heterocycles. The second-order valence-corrected chi connectivity index (χ2v) is 4.22. The fraction of sp³-hybridized carbons (Fsp3) is 0.0667. The van der Waals surface area contributed by atoms with Crippen molar-refractivity contribution in [2.45, 2.75) is 6.54 Å². The lowest BCUT2D eigenvalue weighted by Gasteiger charge is -2.09. The van der Waals surface area contributed by atoms with Gasteiger partial charge in [-0.15, -0.1) is 0 Å². The zero-order valence-corrected chi connectivity index (χ0v) is 10.6. The van der Waals surface area contributed by atoms with Crippen LogP contribution < -0.4 is 11.1 Å². The summed E-state index contributed by atoms with van der Waals surface area (Å²) in [6.07, 6.45) is 0. The van der Waals surface area contributed by atoms with Crippen molar-refractivity contribution >= 4 is 11.6 Å². The predicted octanol–water partition coefficient (Wildman–Crippen LogP) is 2.41. The maximum absolute atomic E-state index is 13.0. The Bertz CT molecular complexity index is 692. The number of amides is 1. The predicted molar refractivity (Wildman–Crippen MR) is 73.4 cm³/mol. The van der Waals surface area contributed by atoms with E-state index < -0.39 is 11.7 Å². The smallest absolute Gasteiger partial charge is 0.248 e. The summed E-state index contributed by atoms with van der Waals surface area (Å²) in [6.45, 7) is 0.404. The highest BCUT2D eigenvalue weighted by Crippen LogP contribution is 2.17. The minimum atomic E-state index is -0.494. The van der Waals surface area contributed by atoms with Crippen LogP contribution in [0.15, 0.2) is 42.5 Å². The molecule has 0 spiro atoms. The first-order valence-corrected chi connectivity index (χ1v) is 5.92. The van der Waals surface area contributed by atoms with Gasteiger partial charge < -0.3 is 11.1 Å². The molecule has 0 atom stereocenters. The number of hydrogen-bond donors (Lipinski definition) is 2. The Morgan fingerprint density at radius 2 is 2.10 bits per heavy atom. The Morgan fingerprint density at radius 3 is 2.80 bits per heavy atom. The minimum absolute atomic E-state index is 0.232. The van der Waals surface area contributed by atoms with E-state index in [0.29, 0.717) is 17.8 Å². The fourth-order valence-corrected chi connectivity index (χ4v) is 1.79. The first kappa shape index (κ1) is 13.6. The van der Waals surface area contributed by atoms with Crippen LogP contribution in [0.25, 0.3) is 0 Å². The molecule has 3 N–H and O–H groups in total. The van der Waals surface area contributed by atoms with Gasteiger partial charge in [-0.1, -0.05) is 12.1 Å². The average molecular weight is 269 g/mol. The largest absolute Gasteiger partial charge is 0.380 e. The number of nitrogens with one attached hydrogen (secondary N) is 1. The zero-order chi connectivity index (χ0) is 14.5. The molecule has 2 aromatic carbocycles. The van der Waals surface area contributed by atoms with E-state index in [1.54, 1.807) is 18.2 Å². The molecule has 0 radical (unpaired) electrons. The van der Waals surface area contributed by atoms with Crippen LogP contribution in [-0.4, -0.2) is 5.91 Å². The Balaban J connectivity index is 2.15. The number of nitriles is 1. The van der Waals surface area contributed by atoms with Crippen LogP contribution in [0, 0.1) is 17.1 Å². The van der Waals surface area contributed by atoms with Crippen molar-refractivity contribution in [3.8, 4) is 6.07 Å². The van der Waals surface area contributed by atoms with Gasteiger partial charge >= 0.3 is 0 Å². The Kier molecular flexibility index (Phi) is 3.96. The van der Waals surface area contributed by atoms with E-state index in [4.69, 9.17) is 11.0 Å². The van der Waals surface area contributed by atoms with Gasteiger partial charge in [0, 0.05) is 12.1 Å². The summed E-state index contributed by atoms with van der Waals surface area (Å²) in [5, 5.41) is 12.0. The third-order valence-corrected chi connectivity index (χ3v) is 2.80. The first-order chi connectivity index (χ1) is 9.60. The summed E-state index contributed by atoms with van der Waals surface area (Å²) in [4.78, 5) is 11.1. The Labute approximate surface area is 115 Å².